The van der Waals surface area contributed by atoms with Gasteiger partial charge < -0.3 is 9.47 Å². The zero-order valence-electron chi connectivity index (χ0n) is 11.4. The average Bonchev–Trinajstić information content (AvgIpc) is 2.90. The van der Waals surface area contributed by atoms with Crippen LogP contribution in [0.3, 0.4) is 0 Å². The maximum atomic E-state index is 11.6. The molecule has 4 heteroatoms. The average molecular weight is 263 g/mol. The van der Waals surface area contributed by atoms with Gasteiger partial charge in [-0.25, -0.2) is 4.79 Å². The summed E-state index contributed by atoms with van der Waals surface area (Å²) in [6.45, 7) is 4.94. The Morgan fingerprint density at radius 2 is 1.95 bits per heavy atom. The highest BCUT2D eigenvalue weighted by atomic mass is 16.6. The number of likely N-dealkylation sites (tertiary alicyclic amines) is 1. The molecular weight excluding hydrogens is 242 g/mol. The molecule has 0 radical (unpaired) electrons. The third-order valence-corrected chi connectivity index (χ3v) is 3.15. The quantitative estimate of drug-likeness (QED) is 0.737. The predicted molar refractivity (Wildman–Crippen MR) is 73.2 cm³/mol. The SMILES string of the molecule is C[C@H](CN1CCCC1)OC(=O)COc1ccccc1. The maximum Gasteiger partial charge on any atom is 0.344 e. The number of benzene rings is 1. The van der Waals surface area contributed by atoms with Gasteiger partial charge in [0.1, 0.15) is 11.9 Å². The van der Waals surface area contributed by atoms with E-state index in [1.807, 2.05) is 37.3 Å². The number of hydrogen-bond acceptors (Lipinski definition) is 4. The maximum absolute atomic E-state index is 11.6. The smallest absolute Gasteiger partial charge is 0.344 e. The van der Waals surface area contributed by atoms with Gasteiger partial charge in [0.25, 0.3) is 0 Å². The predicted octanol–water partition coefficient (Wildman–Crippen LogP) is 2.09. The summed E-state index contributed by atoms with van der Waals surface area (Å²) < 4.78 is 10.7. The van der Waals surface area contributed by atoms with E-state index in [1.54, 1.807) is 0 Å². The molecule has 0 bridgehead atoms. The normalized spacial score (nSPS) is 17.1. The number of para-hydroxylation sites is 1. The summed E-state index contributed by atoms with van der Waals surface area (Å²) in [5, 5.41) is 0. The standard InChI is InChI=1S/C15H21NO3/c1-13(11-16-9-5-6-10-16)19-15(17)12-18-14-7-3-2-4-8-14/h2-4,7-8,13H,5-6,9-12H2,1H3/t13-/m1/s1. The molecular formula is C15H21NO3. The van der Waals surface area contributed by atoms with Crippen molar-refractivity contribution >= 4 is 5.97 Å². The van der Waals surface area contributed by atoms with Crippen LogP contribution in [-0.4, -0.2) is 43.2 Å². The third kappa shape index (κ3) is 4.91. The van der Waals surface area contributed by atoms with Crippen molar-refractivity contribution in [2.75, 3.05) is 26.2 Å². The van der Waals surface area contributed by atoms with E-state index in [0.717, 1.165) is 19.6 Å². The van der Waals surface area contributed by atoms with Gasteiger partial charge in [-0.15, -0.1) is 0 Å². The molecule has 0 saturated carbocycles. The van der Waals surface area contributed by atoms with Gasteiger partial charge in [-0.2, -0.15) is 0 Å². The van der Waals surface area contributed by atoms with E-state index in [-0.39, 0.29) is 18.7 Å². The summed E-state index contributed by atoms with van der Waals surface area (Å²) in [5.74, 6) is 0.377. The second-order valence-electron chi connectivity index (χ2n) is 4.91. The minimum absolute atomic E-state index is 0.0334. The van der Waals surface area contributed by atoms with Crippen LogP contribution in [0.5, 0.6) is 5.75 Å². The molecule has 104 valence electrons. The van der Waals surface area contributed by atoms with Crippen molar-refractivity contribution in [2.45, 2.75) is 25.9 Å². The summed E-state index contributed by atoms with van der Waals surface area (Å²) in [6.07, 6.45) is 2.42. The summed E-state index contributed by atoms with van der Waals surface area (Å²) in [7, 11) is 0. The number of carbonyl (C=O) groups is 1. The number of ether oxygens (including phenoxy) is 2. The number of esters is 1. The van der Waals surface area contributed by atoms with Crippen LogP contribution in [0.1, 0.15) is 19.8 Å². The lowest BCUT2D eigenvalue weighted by Gasteiger charge is -2.20. The van der Waals surface area contributed by atoms with E-state index in [0.29, 0.717) is 5.75 Å². The van der Waals surface area contributed by atoms with Crippen LogP contribution in [0.25, 0.3) is 0 Å². The highest BCUT2D eigenvalue weighted by Gasteiger charge is 2.17. The van der Waals surface area contributed by atoms with E-state index in [4.69, 9.17) is 9.47 Å². The summed E-state index contributed by atoms with van der Waals surface area (Å²) in [5.41, 5.74) is 0. The van der Waals surface area contributed by atoms with Crippen LogP contribution in [0.15, 0.2) is 30.3 Å². The van der Waals surface area contributed by atoms with Crippen LogP contribution in [0.2, 0.25) is 0 Å². The minimum atomic E-state index is -0.310. The van der Waals surface area contributed by atoms with Crippen molar-refractivity contribution in [3.63, 3.8) is 0 Å². The molecule has 0 N–H and O–H groups in total. The fourth-order valence-corrected chi connectivity index (χ4v) is 2.28. The van der Waals surface area contributed by atoms with Crippen molar-refractivity contribution in [2.24, 2.45) is 0 Å². The molecule has 1 aromatic rings. The van der Waals surface area contributed by atoms with Gasteiger partial charge in [0.05, 0.1) is 0 Å². The van der Waals surface area contributed by atoms with Gasteiger partial charge in [-0.05, 0) is 45.0 Å². The van der Waals surface area contributed by atoms with E-state index in [2.05, 4.69) is 4.90 Å². The zero-order chi connectivity index (χ0) is 13.5. The van der Waals surface area contributed by atoms with Gasteiger partial charge in [-0.1, -0.05) is 18.2 Å². The van der Waals surface area contributed by atoms with Crippen LogP contribution in [0, 0.1) is 0 Å². The number of nitrogens with zero attached hydrogens (tertiary/aromatic N) is 1. The molecule has 1 aromatic carbocycles. The highest BCUT2D eigenvalue weighted by molar-refractivity contribution is 5.71. The Kier molecular flexibility index (Phi) is 5.21. The van der Waals surface area contributed by atoms with Crippen molar-refractivity contribution in [1.82, 2.24) is 4.90 Å². The number of hydrogen-bond donors (Lipinski definition) is 0. The second-order valence-corrected chi connectivity index (χ2v) is 4.91. The first-order chi connectivity index (χ1) is 9.24. The zero-order valence-corrected chi connectivity index (χ0v) is 11.4. The molecule has 0 aromatic heterocycles. The molecule has 1 atom stereocenters. The van der Waals surface area contributed by atoms with Crippen molar-refractivity contribution < 1.29 is 14.3 Å². The number of rotatable bonds is 6. The fourth-order valence-electron chi connectivity index (χ4n) is 2.28. The molecule has 1 heterocycles. The molecule has 1 aliphatic heterocycles. The molecule has 2 rings (SSSR count). The van der Waals surface area contributed by atoms with Gasteiger partial charge in [0.2, 0.25) is 0 Å². The van der Waals surface area contributed by atoms with Crippen molar-refractivity contribution in [3.8, 4) is 5.75 Å². The van der Waals surface area contributed by atoms with E-state index in [1.165, 1.54) is 12.8 Å². The van der Waals surface area contributed by atoms with Crippen LogP contribution >= 0.6 is 0 Å². The Bertz CT molecular complexity index is 388. The third-order valence-electron chi connectivity index (χ3n) is 3.15. The Morgan fingerprint density at radius 3 is 2.63 bits per heavy atom. The summed E-state index contributed by atoms with van der Waals surface area (Å²) in [6, 6.07) is 9.29. The molecule has 0 unspecified atom stereocenters. The van der Waals surface area contributed by atoms with Crippen molar-refractivity contribution in [1.29, 1.82) is 0 Å². The van der Waals surface area contributed by atoms with Crippen molar-refractivity contribution in [3.05, 3.63) is 30.3 Å². The molecule has 1 fully saturated rings. The van der Waals surface area contributed by atoms with Gasteiger partial charge in [-0.3, -0.25) is 4.90 Å². The lowest BCUT2D eigenvalue weighted by atomic mass is 10.3. The first kappa shape index (κ1) is 13.9. The fraction of sp³-hybridized carbons (Fsp3) is 0.533. The summed E-state index contributed by atoms with van der Waals surface area (Å²) in [4.78, 5) is 14.0. The first-order valence-electron chi connectivity index (χ1n) is 6.84. The number of carbonyl (C=O) groups excluding carboxylic acids is 1. The van der Waals surface area contributed by atoms with Crippen LogP contribution in [0.4, 0.5) is 0 Å². The molecule has 0 spiro atoms. The highest BCUT2D eigenvalue weighted by Crippen LogP contribution is 2.10. The lowest BCUT2D eigenvalue weighted by Crippen LogP contribution is -2.32. The molecule has 0 amide bonds. The minimum Gasteiger partial charge on any atom is -0.482 e. The lowest BCUT2D eigenvalue weighted by molar-refractivity contribution is -0.151. The Balaban J connectivity index is 1.66. The first-order valence-corrected chi connectivity index (χ1v) is 6.84. The van der Waals surface area contributed by atoms with E-state index < -0.39 is 0 Å². The van der Waals surface area contributed by atoms with Crippen LogP contribution < -0.4 is 4.74 Å². The Labute approximate surface area is 114 Å². The summed E-state index contributed by atoms with van der Waals surface area (Å²) >= 11 is 0. The van der Waals surface area contributed by atoms with Gasteiger partial charge in [0, 0.05) is 6.54 Å². The van der Waals surface area contributed by atoms with Crippen LogP contribution in [-0.2, 0) is 9.53 Å². The topological polar surface area (TPSA) is 38.8 Å². The Hall–Kier alpha value is -1.55. The monoisotopic (exact) mass is 263 g/mol. The van der Waals surface area contributed by atoms with Gasteiger partial charge >= 0.3 is 5.97 Å². The molecule has 19 heavy (non-hydrogen) atoms. The molecule has 0 aliphatic carbocycles. The molecule has 4 nitrogen and oxygen atoms in total. The Morgan fingerprint density at radius 1 is 1.26 bits per heavy atom. The van der Waals surface area contributed by atoms with Gasteiger partial charge in [0.15, 0.2) is 6.61 Å². The molecule has 1 aliphatic rings. The second kappa shape index (κ2) is 7.14. The van der Waals surface area contributed by atoms with E-state index >= 15 is 0 Å². The largest absolute Gasteiger partial charge is 0.482 e. The molecule has 1 saturated heterocycles. The van der Waals surface area contributed by atoms with E-state index in [9.17, 15) is 4.79 Å².